The normalized spacial score (nSPS) is 14.6. The second-order valence-corrected chi connectivity index (χ2v) is 13.6. The number of aliphatic carboxylic acids is 1. The Morgan fingerprint density at radius 3 is 1.72 bits per heavy atom. The Hall–Kier alpha value is -6.08. The molecule has 0 radical (unpaired) electrons. The fourth-order valence-corrected chi connectivity index (χ4v) is 5.49. The first kappa shape index (κ1) is 48.1. The molecule has 7 atom stereocenters. The average Bonchev–Trinajstić information content (AvgIpc) is 3.88. The first-order valence-corrected chi connectivity index (χ1v) is 18.7. The van der Waals surface area contributed by atoms with Gasteiger partial charge in [0.2, 0.25) is 47.3 Å². The van der Waals surface area contributed by atoms with Crippen LogP contribution in [0.1, 0.15) is 56.8 Å². The van der Waals surface area contributed by atoms with E-state index in [-0.39, 0.29) is 44.4 Å². The molecule has 0 aliphatic carbocycles. The number of primary amides is 2. The summed E-state index contributed by atoms with van der Waals surface area (Å²) in [6.07, 6.45) is 4.86. The Morgan fingerprint density at radius 2 is 1.19 bits per heavy atom. The van der Waals surface area contributed by atoms with Crippen LogP contribution in [0.15, 0.2) is 25.0 Å². The molecule has 320 valence electrons. The molecular formula is C33H52N14O10S. The molecule has 2 heterocycles. The number of hydrogen-bond acceptors (Lipinski definition) is 14. The first-order valence-electron chi connectivity index (χ1n) is 18.1. The number of H-pyrrole nitrogens is 2. The summed E-state index contributed by atoms with van der Waals surface area (Å²) in [5.74, 6) is -8.76. The van der Waals surface area contributed by atoms with E-state index in [0.717, 1.165) is 0 Å². The molecule has 2 rings (SSSR count). The van der Waals surface area contributed by atoms with Gasteiger partial charge in [-0.15, -0.1) is 0 Å². The fraction of sp³-hybridized carbons (Fsp3) is 0.545. The number of unbranched alkanes of at least 4 members (excludes halogenated alkanes) is 1. The number of hydrogen-bond donors (Lipinski definition) is 14. The smallest absolute Gasteiger partial charge is 0.326 e. The Bertz CT molecular complexity index is 1710. The highest BCUT2D eigenvalue weighted by molar-refractivity contribution is 7.80. The molecule has 25 heteroatoms. The van der Waals surface area contributed by atoms with E-state index in [1.54, 1.807) is 0 Å². The molecule has 2 aromatic rings. The molecule has 0 aromatic carbocycles. The summed E-state index contributed by atoms with van der Waals surface area (Å²) in [4.78, 5) is 128. The standard InChI is InChI=1S/C33H52N14O10S/c1-16(42-29(52)20(4-2-3-7-34)43-32(55)24(13-58)47-28(51)19(35)8-17-11-38-14-40-17)27(50)45-23(10-26(37)49)31(54)46-22(9-18-12-39-15-41-18)30(53)44-21(33(56)57)5-6-25(36)48/h11-12,14-16,19-24,58H,2-10,13,34-35H2,1H3,(H2,36,48)(H2,37,49)(H,38,40)(H,39,41)(H,42,52)(H,43,55)(H,44,53)(H,45,50)(H,46,54)(H,47,51)(H,56,57). The highest BCUT2D eigenvalue weighted by Crippen LogP contribution is 2.07. The van der Waals surface area contributed by atoms with Crippen LogP contribution in [-0.4, -0.2) is 133 Å². The summed E-state index contributed by atoms with van der Waals surface area (Å²) < 4.78 is 0. The van der Waals surface area contributed by atoms with Crippen molar-refractivity contribution in [2.45, 2.75) is 101 Å². The van der Waals surface area contributed by atoms with Gasteiger partial charge in [-0.1, -0.05) is 0 Å². The van der Waals surface area contributed by atoms with Gasteiger partial charge in [0.1, 0.15) is 36.3 Å². The van der Waals surface area contributed by atoms with Crippen molar-refractivity contribution in [1.82, 2.24) is 51.8 Å². The van der Waals surface area contributed by atoms with Gasteiger partial charge >= 0.3 is 5.97 Å². The Morgan fingerprint density at radius 1 is 0.672 bits per heavy atom. The SMILES string of the molecule is CC(NC(=O)C(CCCCN)NC(=O)C(CS)NC(=O)C(N)Cc1cnc[nH]1)C(=O)NC(CC(N)=O)C(=O)NC(Cc1cnc[nH]1)C(=O)NC(CCC(N)=O)C(=O)O. The molecule has 0 fully saturated rings. The Balaban J connectivity index is 2.17. The molecule has 17 N–H and O–H groups in total. The van der Waals surface area contributed by atoms with E-state index in [1.165, 1.54) is 32.0 Å². The number of carbonyl (C=O) groups is 9. The van der Waals surface area contributed by atoms with Gasteiger partial charge in [-0.3, -0.25) is 38.4 Å². The number of nitrogens with zero attached hydrogens (tertiary/aromatic N) is 2. The molecule has 58 heavy (non-hydrogen) atoms. The van der Waals surface area contributed by atoms with Crippen molar-refractivity contribution in [3.63, 3.8) is 0 Å². The Kier molecular flexibility index (Phi) is 20.3. The van der Waals surface area contributed by atoms with Gasteiger partial charge < -0.3 is 69.9 Å². The molecular weight excluding hydrogens is 785 g/mol. The predicted molar refractivity (Wildman–Crippen MR) is 206 cm³/mol. The molecule has 2 aromatic heterocycles. The zero-order chi connectivity index (χ0) is 43.4. The number of amides is 8. The van der Waals surface area contributed by atoms with Crippen LogP contribution in [-0.2, 0) is 56.0 Å². The third-order valence-electron chi connectivity index (χ3n) is 8.42. The molecule has 7 unspecified atom stereocenters. The van der Waals surface area contributed by atoms with Crippen LogP contribution in [0.4, 0.5) is 0 Å². The molecule has 0 aliphatic heterocycles. The zero-order valence-corrected chi connectivity index (χ0v) is 32.6. The second-order valence-electron chi connectivity index (χ2n) is 13.2. The van der Waals surface area contributed by atoms with Gasteiger partial charge in [-0.25, -0.2) is 14.8 Å². The van der Waals surface area contributed by atoms with Crippen molar-refractivity contribution in [3.05, 3.63) is 36.4 Å². The second kappa shape index (κ2) is 24.5. The third-order valence-corrected chi connectivity index (χ3v) is 8.79. The lowest BCUT2D eigenvalue weighted by atomic mass is 10.1. The van der Waals surface area contributed by atoms with Gasteiger partial charge in [0.05, 0.1) is 25.1 Å². The summed E-state index contributed by atoms with van der Waals surface area (Å²) in [5, 5.41) is 24.0. The molecule has 0 spiro atoms. The van der Waals surface area contributed by atoms with Crippen LogP contribution < -0.4 is 54.8 Å². The zero-order valence-electron chi connectivity index (χ0n) is 31.7. The number of nitrogens with one attached hydrogen (secondary N) is 8. The van der Waals surface area contributed by atoms with Crippen molar-refractivity contribution < 1.29 is 48.3 Å². The van der Waals surface area contributed by atoms with Crippen LogP contribution in [0.2, 0.25) is 0 Å². The summed E-state index contributed by atoms with van der Waals surface area (Å²) in [6, 6.07) is -9.59. The molecule has 0 saturated heterocycles. The maximum Gasteiger partial charge on any atom is 0.326 e. The number of carbonyl (C=O) groups excluding carboxylic acids is 8. The highest BCUT2D eigenvalue weighted by Gasteiger charge is 2.33. The van der Waals surface area contributed by atoms with E-state index in [1.807, 2.05) is 0 Å². The van der Waals surface area contributed by atoms with Crippen LogP contribution in [0.3, 0.4) is 0 Å². The lowest BCUT2D eigenvalue weighted by molar-refractivity contribution is -0.142. The topological polar surface area (TPSA) is 407 Å². The lowest BCUT2D eigenvalue weighted by Gasteiger charge is -2.26. The van der Waals surface area contributed by atoms with Crippen molar-refractivity contribution in [1.29, 1.82) is 0 Å². The van der Waals surface area contributed by atoms with Crippen LogP contribution >= 0.6 is 12.6 Å². The fourth-order valence-electron chi connectivity index (χ4n) is 5.23. The number of nitrogens with two attached hydrogens (primary N) is 4. The summed E-state index contributed by atoms with van der Waals surface area (Å²) in [6.45, 7) is 1.55. The molecule has 8 amide bonds. The van der Waals surface area contributed by atoms with Crippen molar-refractivity contribution in [2.75, 3.05) is 12.3 Å². The number of carboxylic acids is 1. The highest BCUT2D eigenvalue weighted by atomic mass is 32.1. The van der Waals surface area contributed by atoms with Gasteiger partial charge in [0.15, 0.2) is 0 Å². The third kappa shape index (κ3) is 17.0. The van der Waals surface area contributed by atoms with Gasteiger partial charge in [-0.2, -0.15) is 12.6 Å². The minimum Gasteiger partial charge on any atom is -0.480 e. The van der Waals surface area contributed by atoms with Crippen molar-refractivity contribution in [3.8, 4) is 0 Å². The molecule has 0 aliphatic rings. The number of thiol groups is 1. The van der Waals surface area contributed by atoms with Crippen molar-refractivity contribution in [2.24, 2.45) is 22.9 Å². The van der Waals surface area contributed by atoms with Crippen LogP contribution in [0, 0.1) is 0 Å². The van der Waals surface area contributed by atoms with E-state index in [4.69, 9.17) is 22.9 Å². The largest absolute Gasteiger partial charge is 0.480 e. The monoisotopic (exact) mass is 836 g/mol. The number of aromatic nitrogens is 4. The van der Waals surface area contributed by atoms with Crippen LogP contribution in [0.25, 0.3) is 0 Å². The Labute approximate surface area is 337 Å². The van der Waals surface area contributed by atoms with E-state index < -0.39 is 102 Å². The maximum absolute atomic E-state index is 13.5. The average molecular weight is 837 g/mol. The number of aromatic amines is 2. The molecule has 0 bridgehead atoms. The molecule has 24 nitrogen and oxygen atoms in total. The predicted octanol–water partition coefficient (Wildman–Crippen LogP) is -5.54. The number of carboxylic acid groups (broad SMARTS) is 1. The van der Waals surface area contributed by atoms with Gasteiger partial charge in [0.25, 0.3) is 0 Å². The maximum atomic E-state index is 13.5. The molecule has 0 saturated carbocycles. The van der Waals surface area contributed by atoms with Crippen molar-refractivity contribution >= 4 is 65.9 Å². The minimum atomic E-state index is -1.69. The first-order chi connectivity index (χ1) is 27.4. The minimum absolute atomic E-state index is 0.0768. The van der Waals surface area contributed by atoms with Crippen LogP contribution in [0.5, 0.6) is 0 Å². The summed E-state index contributed by atoms with van der Waals surface area (Å²) >= 11 is 4.16. The van der Waals surface area contributed by atoms with E-state index in [0.29, 0.717) is 24.2 Å². The summed E-state index contributed by atoms with van der Waals surface area (Å²) in [5.41, 5.74) is 23.0. The quantitative estimate of drug-likeness (QED) is 0.0295. The van der Waals surface area contributed by atoms with E-state index in [9.17, 15) is 48.3 Å². The van der Waals surface area contributed by atoms with Gasteiger partial charge in [0, 0.05) is 48.8 Å². The van der Waals surface area contributed by atoms with E-state index >= 15 is 0 Å². The number of imidazole rings is 2. The van der Waals surface area contributed by atoms with E-state index in [2.05, 4.69) is 64.5 Å². The lowest BCUT2D eigenvalue weighted by Crippen LogP contribution is -2.60. The number of rotatable bonds is 27. The van der Waals surface area contributed by atoms with Gasteiger partial charge in [-0.05, 0) is 39.2 Å². The summed E-state index contributed by atoms with van der Waals surface area (Å²) in [7, 11) is 0.